The molecule has 0 unspecified atom stereocenters. The van der Waals surface area contributed by atoms with Gasteiger partial charge in [0.15, 0.2) is 5.82 Å². The highest BCUT2D eigenvalue weighted by atomic mass is 19.1. The zero-order valence-electron chi connectivity index (χ0n) is 12.0. The van der Waals surface area contributed by atoms with Crippen LogP contribution in [0.5, 0.6) is 0 Å². The molecule has 20 heavy (non-hydrogen) atoms. The van der Waals surface area contributed by atoms with Crippen molar-refractivity contribution in [1.82, 2.24) is 15.1 Å². The fraction of sp³-hybridized carbons (Fsp3) is 0.400. The van der Waals surface area contributed by atoms with Crippen LogP contribution in [0.1, 0.15) is 23.4 Å². The number of nitrogens with one attached hydrogen (secondary N) is 1. The molecule has 0 atom stereocenters. The molecule has 3 nitrogen and oxygen atoms in total. The highest BCUT2D eigenvalue weighted by molar-refractivity contribution is 5.38. The number of aromatic nitrogens is 2. The number of benzene rings is 1. The molecule has 2 aromatic rings. The molecular formula is C15H19F2N3. The Balaban J connectivity index is 2.35. The van der Waals surface area contributed by atoms with Crippen LogP contribution in [-0.2, 0) is 6.42 Å². The summed E-state index contributed by atoms with van der Waals surface area (Å²) < 4.78 is 28.4. The van der Waals surface area contributed by atoms with Gasteiger partial charge in [-0.05, 0) is 58.0 Å². The van der Waals surface area contributed by atoms with Crippen molar-refractivity contribution in [3.8, 4) is 5.69 Å². The van der Waals surface area contributed by atoms with E-state index in [0.29, 0.717) is 0 Å². The molecule has 0 saturated carbocycles. The van der Waals surface area contributed by atoms with Gasteiger partial charge in [0, 0.05) is 11.8 Å². The summed E-state index contributed by atoms with van der Waals surface area (Å²) in [7, 11) is 1.91. The molecule has 0 aliphatic rings. The van der Waals surface area contributed by atoms with Crippen molar-refractivity contribution < 1.29 is 8.78 Å². The Labute approximate surface area is 117 Å². The Kier molecular flexibility index (Phi) is 4.49. The highest BCUT2D eigenvalue weighted by Crippen LogP contribution is 2.21. The van der Waals surface area contributed by atoms with Gasteiger partial charge in [-0.3, -0.25) is 0 Å². The number of nitrogens with zero attached hydrogens (tertiary/aromatic N) is 2. The topological polar surface area (TPSA) is 29.9 Å². The second kappa shape index (κ2) is 6.13. The summed E-state index contributed by atoms with van der Waals surface area (Å²) >= 11 is 0. The normalized spacial score (nSPS) is 11.1. The molecule has 0 aliphatic carbocycles. The van der Waals surface area contributed by atoms with Crippen molar-refractivity contribution in [3.63, 3.8) is 0 Å². The minimum absolute atomic E-state index is 0.284. The maximum Gasteiger partial charge on any atom is 0.151 e. The first-order valence-corrected chi connectivity index (χ1v) is 6.69. The molecule has 1 aromatic heterocycles. The lowest BCUT2D eigenvalue weighted by Crippen LogP contribution is -2.09. The lowest BCUT2D eigenvalue weighted by Gasteiger charge is -2.07. The molecule has 1 aromatic carbocycles. The van der Waals surface area contributed by atoms with Crippen LogP contribution in [0.25, 0.3) is 5.69 Å². The summed E-state index contributed by atoms with van der Waals surface area (Å²) in [6, 6.07) is 3.55. The van der Waals surface area contributed by atoms with Gasteiger partial charge in [0.25, 0.3) is 0 Å². The van der Waals surface area contributed by atoms with E-state index in [4.69, 9.17) is 0 Å². The minimum atomic E-state index is -0.600. The summed E-state index contributed by atoms with van der Waals surface area (Å²) in [5.74, 6) is -1.18. The molecule has 0 aliphatic heterocycles. The first-order valence-electron chi connectivity index (χ1n) is 6.69. The van der Waals surface area contributed by atoms with Gasteiger partial charge in [0.1, 0.15) is 11.5 Å². The summed E-state index contributed by atoms with van der Waals surface area (Å²) in [5.41, 5.74) is 3.21. The van der Waals surface area contributed by atoms with Gasteiger partial charge in [-0.15, -0.1) is 0 Å². The van der Waals surface area contributed by atoms with Crippen LogP contribution in [0.2, 0.25) is 0 Å². The zero-order chi connectivity index (χ0) is 14.7. The van der Waals surface area contributed by atoms with Crippen LogP contribution in [0.3, 0.4) is 0 Å². The molecule has 108 valence electrons. The fourth-order valence-electron chi connectivity index (χ4n) is 2.37. The molecule has 5 heteroatoms. The smallest absolute Gasteiger partial charge is 0.151 e. The molecule has 1 N–H and O–H groups in total. The lowest BCUT2D eigenvalue weighted by molar-refractivity contribution is 0.572. The van der Waals surface area contributed by atoms with E-state index in [-0.39, 0.29) is 5.69 Å². The average molecular weight is 279 g/mol. The first-order chi connectivity index (χ1) is 9.54. The maximum atomic E-state index is 13.9. The van der Waals surface area contributed by atoms with E-state index in [1.54, 1.807) is 4.68 Å². The van der Waals surface area contributed by atoms with E-state index in [1.165, 1.54) is 12.1 Å². The van der Waals surface area contributed by atoms with Gasteiger partial charge in [-0.1, -0.05) is 0 Å². The van der Waals surface area contributed by atoms with Crippen molar-refractivity contribution in [2.75, 3.05) is 13.6 Å². The molecular weight excluding hydrogens is 260 g/mol. The van der Waals surface area contributed by atoms with E-state index >= 15 is 0 Å². The predicted molar refractivity (Wildman–Crippen MR) is 75.2 cm³/mol. The van der Waals surface area contributed by atoms with Crippen molar-refractivity contribution in [3.05, 3.63) is 46.8 Å². The second-order valence-corrected chi connectivity index (χ2v) is 4.86. The molecule has 2 rings (SSSR count). The van der Waals surface area contributed by atoms with Gasteiger partial charge >= 0.3 is 0 Å². The third-order valence-corrected chi connectivity index (χ3v) is 3.43. The summed E-state index contributed by atoms with van der Waals surface area (Å²) in [6.45, 7) is 4.76. The molecule has 0 bridgehead atoms. The maximum absolute atomic E-state index is 13.9. The Morgan fingerprint density at radius 3 is 2.65 bits per heavy atom. The van der Waals surface area contributed by atoms with Gasteiger partial charge in [0.05, 0.1) is 5.69 Å². The monoisotopic (exact) mass is 279 g/mol. The Morgan fingerprint density at radius 1 is 1.25 bits per heavy atom. The Morgan fingerprint density at radius 2 is 2.00 bits per heavy atom. The summed E-state index contributed by atoms with van der Waals surface area (Å²) in [4.78, 5) is 0. The Bertz CT molecular complexity index is 605. The van der Waals surface area contributed by atoms with Crippen LogP contribution in [-0.4, -0.2) is 23.4 Å². The number of halogens is 2. The number of hydrogen-bond acceptors (Lipinski definition) is 2. The van der Waals surface area contributed by atoms with Crippen molar-refractivity contribution in [1.29, 1.82) is 0 Å². The molecule has 0 saturated heterocycles. The van der Waals surface area contributed by atoms with E-state index in [1.807, 2.05) is 20.9 Å². The lowest BCUT2D eigenvalue weighted by atomic mass is 10.1. The largest absolute Gasteiger partial charge is 0.320 e. The quantitative estimate of drug-likeness (QED) is 0.853. The molecule has 0 amide bonds. The SMILES string of the molecule is CNCCCc1c(C)nn(-c2ccc(F)cc2F)c1C. The predicted octanol–water partition coefficient (Wildman–Crippen LogP) is 2.92. The van der Waals surface area contributed by atoms with Gasteiger partial charge in [-0.2, -0.15) is 5.10 Å². The van der Waals surface area contributed by atoms with Crippen molar-refractivity contribution in [2.45, 2.75) is 26.7 Å². The Hall–Kier alpha value is -1.75. The second-order valence-electron chi connectivity index (χ2n) is 4.86. The molecule has 1 heterocycles. The average Bonchev–Trinajstić information content (AvgIpc) is 2.67. The van der Waals surface area contributed by atoms with E-state index < -0.39 is 11.6 Å². The number of hydrogen-bond donors (Lipinski definition) is 1. The van der Waals surface area contributed by atoms with Crippen LogP contribution in [0.4, 0.5) is 8.78 Å². The van der Waals surface area contributed by atoms with Crippen LogP contribution < -0.4 is 5.32 Å². The molecule has 0 radical (unpaired) electrons. The standard InChI is InChI=1S/C15H19F2N3/c1-10-13(5-4-8-18-3)11(2)20(19-10)15-7-6-12(16)9-14(15)17/h6-7,9,18H,4-5,8H2,1-3H3. The zero-order valence-corrected chi connectivity index (χ0v) is 12.0. The van der Waals surface area contributed by atoms with Crippen LogP contribution in [0.15, 0.2) is 18.2 Å². The van der Waals surface area contributed by atoms with Gasteiger partial charge in [-0.25, -0.2) is 13.5 Å². The third-order valence-electron chi connectivity index (χ3n) is 3.43. The summed E-state index contributed by atoms with van der Waals surface area (Å²) in [5, 5.41) is 7.49. The van der Waals surface area contributed by atoms with Crippen LogP contribution in [0, 0.1) is 25.5 Å². The first kappa shape index (κ1) is 14.7. The fourth-order valence-corrected chi connectivity index (χ4v) is 2.37. The third kappa shape index (κ3) is 2.88. The minimum Gasteiger partial charge on any atom is -0.320 e. The molecule has 0 fully saturated rings. The van der Waals surface area contributed by atoms with E-state index in [0.717, 1.165) is 42.4 Å². The highest BCUT2D eigenvalue weighted by Gasteiger charge is 2.15. The van der Waals surface area contributed by atoms with E-state index in [2.05, 4.69) is 10.4 Å². The van der Waals surface area contributed by atoms with Gasteiger partial charge < -0.3 is 5.32 Å². The van der Waals surface area contributed by atoms with Gasteiger partial charge in [0.2, 0.25) is 0 Å². The van der Waals surface area contributed by atoms with Crippen LogP contribution >= 0.6 is 0 Å². The number of rotatable bonds is 5. The molecule has 0 spiro atoms. The van der Waals surface area contributed by atoms with Crippen molar-refractivity contribution >= 4 is 0 Å². The van der Waals surface area contributed by atoms with E-state index in [9.17, 15) is 8.78 Å². The van der Waals surface area contributed by atoms with Crippen molar-refractivity contribution in [2.24, 2.45) is 0 Å². The number of aryl methyl sites for hydroxylation is 1. The summed E-state index contributed by atoms with van der Waals surface area (Å²) in [6.07, 6.45) is 1.89.